The van der Waals surface area contributed by atoms with Crippen LogP contribution < -0.4 is 10.6 Å². The Morgan fingerprint density at radius 3 is 2.61 bits per heavy atom. The quantitative estimate of drug-likeness (QED) is 0.749. The lowest BCUT2D eigenvalue weighted by atomic mass is 10.1. The topological polar surface area (TPSA) is 70.7 Å². The van der Waals surface area contributed by atoms with E-state index in [0.717, 1.165) is 0 Å². The number of nitrogens with zero attached hydrogens (tertiary/aromatic N) is 1. The van der Waals surface area contributed by atoms with Crippen molar-refractivity contribution in [2.75, 3.05) is 26.3 Å². The molecular weight excluding hydrogens is 234 g/mol. The molecule has 1 aliphatic rings. The van der Waals surface area contributed by atoms with E-state index in [0.29, 0.717) is 19.7 Å². The second-order valence-electron chi connectivity index (χ2n) is 5.36. The number of amides is 3. The van der Waals surface area contributed by atoms with Crippen molar-refractivity contribution in [1.82, 2.24) is 15.5 Å². The van der Waals surface area contributed by atoms with E-state index in [1.54, 1.807) is 4.90 Å². The van der Waals surface area contributed by atoms with Gasteiger partial charge in [-0.2, -0.15) is 0 Å². The minimum absolute atomic E-state index is 0.166. The lowest BCUT2D eigenvalue weighted by Crippen LogP contribution is -2.60. The first kappa shape index (κ1) is 14.8. The van der Waals surface area contributed by atoms with E-state index in [9.17, 15) is 9.59 Å². The number of ether oxygens (including phenoxy) is 1. The van der Waals surface area contributed by atoms with E-state index in [2.05, 4.69) is 10.6 Å². The van der Waals surface area contributed by atoms with Crippen molar-refractivity contribution >= 4 is 11.9 Å². The number of carbonyl (C=O) groups is 2. The molecule has 1 atom stereocenters. The van der Waals surface area contributed by atoms with Gasteiger partial charge in [0.15, 0.2) is 0 Å². The van der Waals surface area contributed by atoms with E-state index in [-0.39, 0.29) is 24.1 Å². The average molecular weight is 257 g/mol. The van der Waals surface area contributed by atoms with Gasteiger partial charge in [-0.05, 0) is 27.7 Å². The zero-order valence-electron chi connectivity index (χ0n) is 11.6. The summed E-state index contributed by atoms with van der Waals surface area (Å²) in [4.78, 5) is 25.5. The van der Waals surface area contributed by atoms with Gasteiger partial charge >= 0.3 is 6.03 Å². The zero-order valence-corrected chi connectivity index (χ0v) is 11.6. The first-order chi connectivity index (χ1) is 8.35. The molecule has 0 aliphatic carbocycles. The van der Waals surface area contributed by atoms with E-state index in [1.165, 1.54) is 0 Å². The minimum Gasteiger partial charge on any atom is -0.377 e. The van der Waals surface area contributed by atoms with E-state index in [1.807, 2.05) is 27.7 Å². The molecular formula is C12H23N3O3. The van der Waals surface area contributed by atoms with Crippen molar-refractivity contribution in [3.05, 3.63) is 0 Å². The van der Waals surface area contributed by atoms with Crippen LogP contribution in [0.2, 0.25) is 0 Å². The van der Waals surface area contributed by atoms with Gasteiger partial charge in [0.25, 0.3) is 0 Å². The van der Waals surface area contributed by atoms with Gasteiger partial charge in [-0.1, -0.05) is 0 Å². The van der Waals surface area contributed by atoms with Gasteiger partial charge in [0.2, 0.25) is 5.91 Å². The molecule has 0 bridgehead atoms. The highest BCUT2D eigenvalue weighted by molar-refractivity contribution is 5.87. The van der Waals surface area contributed by atoms with Gasteiger partial charge in [0.05, 0.1) is 13.2 Å². The molecule has 1 unspecified atom stereocenters. The third-order valence-corrected chi connectivity index (χ3v) is 2.52. The Labute approximate surface area is 108 Å². The number of likely N-dealkylation sites (N-methyl/N-ethyl adjacent to an activating group) is 1. The fourth-order valence-corrected chi connectivity index (χ4v) is 1.75. The monoisotopic (exact) mass is 257 g/mol. The molecule has 2 N–H and O–H groups in total. The van der Waals surface area contributed by atoms with Crippen LogP contribution in [0.3, 0.4) is 0 Å². The van der Waals surface area contributed by atoms with Crippen LogP contribution in [-0.4, -0.2) is 54.7 Å². The third kappa shape index (κ3) is 4.18. The molecule has 0 radical (unpaired) electrons. The second-order valence-corrected chi connectivity index (χ2v) is 5.36. The molecule has 1 heterocycles. The van der Waals surface area contributed by atoms with Gasteiger partial charge in [0, 0.05) is 18.6 Å². The summed E-state index contributed by atoms with van der Waals surface area (Å²) in [6, 6.07) is -0.761. The number of urea groups is 1. The summed E-state index contributed by atoms with van der Waals surface area (Å²) < 4.78 is 5.28. The zero-order chi connectivity index (χ0) is 13.8. The molecule has 1 rings (SSSR count). The highest BCUT2D eigenvalue weighted by atomic mass is 16.5. The minimum atomic E-state index is -0.541. The second kappa shape index (κ2) is 6.04. The van der Waals surface area contributed by atoms with Crippen LogP contribution in [0.4, 0.5) is 4.79 Å². The normalized spacial score (nSPS) is 20.4. The molecule has 18 heavy (non-hydrogen) atoms. The molecule has 104 valence electrons. The number of morpholine rings is 1. The molecule has 1 aliphatic heterocycles. The Bertz CT molecular complexity index is 312. The van der Waals surface area contributed by atoms with Crippen LogP contribution in [0, 0.1) is 0 Å². The Balaban J connectivity index is 2.70. The van der Waals surface area contributed by atoms with Crippen LogP contribution in [0.5, 0.6) is 0 Å². The van der Waals surface area contributed by atoms with Gasteiger partial charge in [-0.3, -0.25) is 4.79 Å². The molecule has 3 amide bonds. The fourth-order valence-electron chi connectivity index (χ4n) is 1.75. The summed E-state index contributed by atoms with van der Waals surface area (Å²) in [5.41, 5.74) is -0.318. The average Bonchev–Trinajstić information content (AvgIpc) is 2.27. The van der Waals surface area contributed by atoms with E-state index >= 15 is 0 Å². The molecule has 0 aromatic heterocycles. The van der Waals surface area contributed by atoms with Crippen LogP contribution in [0.1, 0.15) is 27.7 Å². The van der Waals surface area contributed by atoms with Gasteiger partial charge in [0.1, 0.15) is 6.04 Å². The van der Waals surface area contributed by atoms with Crippen molar-refractivity contribution in [1.29, 1.82) is 0 Å². The fraction of sp³-hybridized carbons (Fsp3) is 0.833. The highest BCUT2D eigenvalue weighted by Crippen LogP contribution is 2.09. The number of rotatable bonds is 2. The van der Waals surface area contributed by atoms with Gasteiger partial charge in [-0.15, -0.1) is 0 Å². The van der Waals surface area contributed by atoms with E-state index < -0.39 is 6.04 Å². The van der Waals surface area contributed by atoms with Crippen LogP contribution in [0.15, 0.2) is 0 Å². The third-order valence-electron chi connectivity index (χ3n) is 2.52. The molecule has 6 nitrogen and oxygen atoms in total. The van der Waals surface area contributed by atoms with Gasteiger partial charge in [-0.25, -0.2) is 4.79 Å². The summed E-state index contributed by atoms with van der Waals surface area (Å²) in [5.74, 6) is -0.166. The van der Waals surface area contributed by atoms with Crippen molar-refractivity contribution in [3.63, 3.8) is 0 Å². The van der Waals surface area contributed by atoms with Crippen molar-refractivity contribution < 1.29 is 14.3 Å². The number of hydrogen-bond acceptors (Lipinski definition) is 3. The molecule has 6 heteroatoms. The van der Waals surface area contributed by atoms with Crippen LogP contribution in [0.25, 0.3) is 0 Å². The Morgan fingerprint density at radius 1 is 1.39 bits per heavy atom. The van der Waals surface area contributed by atoms with Crippen LogP contribution >= 0.6 is 0 Å². The van der Waals surface area contributed by atoms with Crippen molar-refractivity contribution in [3.8, 4) is 0 Å². The van der Waals surface area contributed by atoms with Gasteiger partial charge < -0.3 is 20.3 Å². The summed E-state index contributed by atoms with van der Waals surface area (Å²) >= 11 is 0. The molecule has 1 saturated heterocycles. The molecule has 0 saturated carbocycles. The summed E-state index contributed by atoms with van der Waals surface area (Å²) in [6.07, 6.45) is 0. The number of carbonyl (C=O) groups excluding carboxylic acids is 2. The lowest BCUT2D eigenvalue weighted by molar-refractivity contribution is -0.130. The number of nitrogens with one attached hydrogen (secondary N) is 2. The standard InChI is InChI=1S/C12H23N3O3/c1-5-13-10(16)9-8-18-7-6-15(9)11(17)14-12(2,3)4/h9H,5-8H2,1-4H3,(H,13,16)(H,14,17). The smallest absolute Gasteiger partial charge is 0.318 e. The lowest BCUT2D eigenvalue weighted by Gasteiger charge is -2.36. The maximum absolute atomic E-state index is 12.1. The first-order valence-electron chi connectivity index (χ1n) is 6.29. The van der Waals surface area contributed by atoms with Crippen molar-refractivity contribution in [2.24, 2.45) is 0 Å². The SMILES string of the molecule is CCNC(=O)C1COCCN1C(=O)NC(C)(C)C. The highest BCUT2D eigenvalue weighted by Gasteiger charge is 2.33. The molecule has 0 aromatic rings. The molecule has 1 fully saturated rings. The van der Waals surface area contributed by atoms with E-state index in [4.69, 9.17) is 4.74 Å². The Kier molecular flexibility index (Phi) is 4.95. The Morgan fingerprint density at radius 2 is 2.06 bits per heavy atom. The summed E-state index contributed by atoms with van der Waals surface area (Å²) in [6.45, 7) is 9.27. The summed E-state index contributed by atoms with van der Waals surface area (Å²) in [7, 11) is 0. The Hall–Kier alpha value is -1.30. The van der Waals surface area contributed by atoms with Crippen LogP contribution in [-0.2, 0) is 9.53 Å². The van der Waals surface area contributed by atoms with Crippen molar-refractivity contribution in [2.45, 2.75) is 39.3 Å². The number of hydrogen-bond donors (Lipinski definition) is 2. The molecule has 0 spiro atoms. The predicted octanol–water partition coefficient (Wildman–Crippen LogP) is 0.331. The summed E-state index contributed by atoms with van der Waals surface area (Å²) in [5, 5.41) is 5.59. The maximum atomic E-state index is 12.1. The first-order valence-corrected chi connectivity index (χ1v) is 6.29. The largest absolute Gasteiger partial charge is 0.377 e. The maximum Gasteiger partial charge on any atom is 0.318 e. The predicted molar refractivity (Wildman–Crippen MR) is 68.3 cm³/mol. The molecule has 0 aromatic carbocycles.